The molecule has 25 heavy (non-hydrogen) atoms. The van der Waals surface area contributed by atoms with Crippen LogP contribution in [0.4, 0.5) is 15.8 Å². The number of aromatic hydroxyl groups is 1. The zero-order valence-corrected chi connectivity index (χ0v) is 13.9. The van der Waals surface area contributed by atoms with Crippen molar-refractivity contribution in [3.05, 3.63) is 59.4 Å². The number of phenols is 1. The summed E-state index contributed by atoms with van der Waals surface area (Å²) in [5, 5.41) is 14.1. The third kappa shape index (κ3) is 2.53. The minimum Gasteiger partial charge on any atom is -0.508 e. The number of halogens is 1. The SMILES string of the molecule is CC1=CS(=O)(=O)c2cc3c(Nc4ccc(O)cc4F)ccnc3cc21. The molecular weight excluding hydrogens is 343 g/mol. The van der Waals surface area contributed by atoms with Gasteiger partial charge in [0, 0.05) is 28.7 Å². The number of benzene rings is 2. The molecule has 1 aromatic heterocycles. The van der Waals surface area contributed by atoms with Crippen LogP contribution in [0.1, 0.15) is 12.5 Å². The van der Waals surface area contributed by atoms with Gasteiger partial charge in [-0.05, 0) is 48.4 Å². The van der Waals surface area contributed by atoms with Crippen molar-refractivity contribution in [2.45, 2.75) is 11.8 Å². The Kier molecular flexibility index (Phi) is 3.30. The fraction of sp³-hybridized carbons (Fsp3) is 0.0556. The van der Waals surface area contributed by atoms with Gasteiger partial charge < -0.3 is 10.4 Å². The summed E-state index contributed by atoms with van der Waals surface area (Å²) in [6, 6.07) is 8.70. The molecule has 126 valence electrons. The molecule has 0 saturated heterocycles. The second-order valence-corrected chi connectivity index (χ2v) is 7.62. The lowest BCUT2D eigenvalue weighted by molar-refractivity contribution is 0.469. The molecule has 0 spiro atoms. The fourth-order valence-corrected chi connectivity index (χ4v) is 4.46. The molecule has 1 aliphatic rings. The van der Waals surface area contributed by atoms with Crippen LogP contribution in [0.15, 0.2) is 52.9 Å². The predicted octanol–water partition coefficient (Wildman–Crippen LogP) is 3.97. The maximum atomic E-state index is 14.0. The van der Waals surface area contributed by atoms with E-state index in [1.807, 2.05) is 0 Å². The molecule has 0 atom stereocenters. The van der Waals surface area contributed by atoms with Gasteiger partial charge in [-0.2, -0.15) is 0 Å². The molecule has 2 aromatic carbocycles. The Bertz CT molecular complexity index is 1170. The van der Waals surface area contributed by atoms with Crippen molar-refractivity contribution in [3.8, 4) is 5.75 Å². The van der Waals surface area contributed by atoms with Crippen LogP contribution in [0.3, 0.4) is 0 Å². The number of nitrogens with zero attached hydrogens (tertiary/aromatic N) is 1. The summed E-state index contributed by atoms with van der Waals surface area (Å²) >= 11 is 0. The van der Waals surface area contributed by atoms with Crippen LogP contribution in [0.2, 0.25) is 0 Å². The summed E-state index contributed by atoms with van der Waals surface area (Å²) in [4.78, 5) is 4.51. The molecule has 0 amide bonds. The van der Waals surface area contributed by atoms with Crippen molar-refractivity contribution in [1.82, 2.24) is 4.98 Å². The fourth-order valence-electron chi connectivity index (χ4n) is 2.94. The first-order valence-corrected chi connectivity index (χ1v) is 9.02. The first-order chi connectivity index (χ1) is 11.8. The molecule has 1 aliphatic heterocycles. The Morgan fingerprint density at radius 2 is 1.92 bits per heavy atom. The number of sulfone groups is 1. The van der Waals surface area contributed by atoms with Gasteiger partial charge in [-0.3, -0.25) is 4.98 Å². The molecule has 0 aliphatic carbocycles. The van der Waals surface area contributed by atoms with Gasteiger partial charge in [0.2, 0.25) is 9.84 Å². The van der Waals surface area contributed by atoms with Crippen LogP contribution in [0.5, 0.6) is 5.75 Å². The summed E-state index contributed by atoms with van der Waals surface area (Å²) in [6.07, 6.45) is 1.57. The number of rotatable bonds is 2. The summed E-state index contributed by atoms with van der Waals surface area (Å²) in [7, 11) is -3.47. The molecule has 0 fully saturated rings. The van der Waals surface area contributed by atoms with Gasteiger partial charge in [0.25, 0.3) is 0 Å². The van der Waals surface area contributed by atoms with Crippen molar-refractivity contribution in [1.29, 1.82) is 0 Å². The molecule has 4 rings (SSSR count). The van der Waals surface area contributed by atoms with Gasteiger partial charge in [-0.25, -0.2) is 12.8 Å². The van der Waals surface area contributed by atoms with Gasteiger partial charge in [0.05, 0.1) is 16.1 Å². The Balaban J connectivity index is 1.89. The topological polar surface area (TPSA) is 79.3 Å². The predicted molar refractivity (Wildman–Crippen MR) is 93.9 cm³/mol. The van der Waals surface area contributed by atoms with Crippen molar-refractivity contribution >= 4 is 37.7 Å². The number of hydrogen-bond donors (Lipinski definition) is 2. The van der Waals surface area contributed by atoms with E-state index in [1.165, 1.54) is 17.5 Å². The number of hydrogen-bond acceptors (Lipinski definition) is 5. The van der Waals surface area contributed by atoms with Crippen LogP contribution in [0, 0.1) is 5.82 Å². The lowest BCUT2D eigenvalue weighted by atomic mass is 10.1. The monoisotopic (exact) mass is 356 g/mol. The largest absolute Gasteiger partial charge is 0.508 e. The lowest BCUT2D eigenvalue weighted by Gasteiger charge is -2.12. The maximum absolute atomic E-state index is 14.0. The molecule has 7 heteroatoms. The third-order valence-electron chi connectivity index (χ3n) is 4.13. The molecule has 0 radical (unpaired) electrons. The average Bonchev–Trinajstić information content (AvgIpc) is 2.78. The molecule has 0 saturated carbocycles. The van der Waals surface area contributed by atoms with E-state index in [0.29, 0.717) is 27.7 Å². The number of anilines is 2. The van der Waals surface area contributed by atoms with E-state index < -0.39 is 15.7 Å². The van der Waals surface area contributed by atoms with Gasteiger partial charge in [-0.15, -0.1) is 0 Å². The molecule has 0 unspecified atom stereocenters. The Morgan fingerprint density at radius 3 is 2.68 bits per heavy atom. The van der Waals surface area contributed by atoms with Crippen LogP contribution < -0.4 is 5.32 Å². The van der Waals surface area contributed by atoms with Crippen molar-refractivity contribution in [2.75, 3.05) is 5.32 Å². The Morgan fingerprint density at radius 1 is 1.12 bits per heavy atom. The highest BCUT2D eigenvalue weighted by Crippen LogP contribution is 2.38. The van der Waals surface area contributed by atoms with Crippen LogP contribution >= 0.6 is 0 Å². The van der Waals surface area contributed by atoms with Crippen molar-refractivity contribution in [3.63, 3.8) is 0 Å². The molecule has 5 nitrogen and oxygen atoms in total. The van der Waals surface area contributed by atoms with E-state index >= 15 is 0 Å². The van der Waals surface area contributed by atoms with E-state index in [2.05, 4.69) is 10.3 Å². The third-order valence-corrected chi connectivity index (χ3v) is 5.74. The van der Waals surface area contributed by atoms with Gasteiger partial charge in [0.15, 0.2) is 0 Å². The van der Waals surface area contributed by atoms with Crippen LogP contribution in [-0.2, 0) is 9.84 Å². The summed E-state index contributed by atoms with van der Waals surface area (Å²) in [5.41, 5.74) is 2.60. The standard InChI is InChI=1S/C18H13FN2O3S/c1-10-9-25(23,24)18-8-13-15(4-5-20-17(13)7-12(10)18)21-16-3-2-11(22)6-14(16)19/h2-9,22H,1H3,(H,20,21). The lowest BCUT2D eigenvalue weighted by Crippen LogP contribution is -1.98. The second kappa shape index (κ2) is 5.29. The summed E-state index contributed by atoms with van der Waals surface area (Å²) in [5.74, 6) is -0.788. The van der Waals surface area contributed by atoms with E-state index in [-0.39, 0.29) is 16.3 Å². The van der Waals surface area contributed by atoms with Gasteiger partial charge in [-0.1, -0.05) is 0 Å². The highest BCUT2D eigenvalue weighted by molar-refractivity contribution is 7.95. The number of aromatic nitrogens is 1. The smallest absolute Gasteiger partial charge is 0.200 e. The minimum atomic E-state index is -3.47. The minimum absolute atomic E-state index is 0.169. The van der Waals surface area contributed by atoms with Gasteiger partial charge >= 0.3 is 0 Å². The Labute approximate surface area is 143 Å². The molecule has 2 heterocycles. The number of nitrogens with one attached hydrogen (secondary N) is 1. The first kappa shape index (κ1) is 15.6. The highest BCUT2D eigenvalue weighted by atomic mass is 32.2. The molecule has 2 N–H and O–H groups in total. The first-order valence-electron chi connectivity index (χ1n) is 7.47. The van der Waals surface area contributed by atoms with Crippen LogP contribution in [-0.4, -0.2) is 18.5 Å². The van der Waals surface area contributed by atoms with E-state index in [4.69, 9.17) is 0 Å². The number of pyridine rings is 1. The molecule has 3 aromatic rings. The maximum Gasteiger partial charge on any atom is 0.200 e. The molecular formula is C18H13FN2O3S. The van der Waals surface area contributed by atoms with Crippen LogP contribution in [0.25, 0.3) is 16.5 Å². The average molecular weight is 356 g/mol. The number of fused-ring (bicyclic) bond motifs is 2. The second-order valence-electron chi connectivity index (χ2n) is 5.86. The Hall–Kier alpha value is -2.93. The van der Waals surface area contributed by atoms with E-state index in [1.54, 1.807) is 31.3 Å². The summed E-state index contributed by atoms with van der Waals surface area (Å²) < 4.78 is 38.5. The van der Waals surface area contributed by atoms with Gasteiger partial charge in [0.1, 0.15) is 11.6 Å². The quantitative estimate of drug-likeness (QED) is 0.679. The van der Waals surface area contributed by atoms with E-state index in [0.717, 1.165) is 6.07 Å². The molecule has 0 bridgehead atoms. The summed E-state index contributed by atoms with van der Waals surface area (Å²) in [6.45, 7) is 1.74. The number of phenolic OH excluding ortho intramolecular Hbond substituents is 1. The number of allylic oxidation sites excluding steroid dienone is 1. The van der Waals surface area contributed by atoms with Crippen molar-refractivity contribution < 1.29 is 17.9 Å². The normalized spacial score (nSPS) is 15.0. The van der Waals surface area contributed by atoms with Crippen molar-refractivity contribution in [2.24, 2.45) is 0 Å². The van der Waals surface area contributed by atoms with E-state index in [9.17, 15) is 17.9 Å². The highest BCUT2D eigenvalue weighted by Gasteiger charge is 2.26. The zero-order chi connectivity index (χ0) is 17.8. The zero-order valence-electron chi connectivity index (χ0n) is 13.1.